The molecule has 0 saturated heterocycles. The molecule has 0 radical (unpaired) electrons. The minimum absolute atomic E-state index is 0.0124. The van der Waals surface area contributed by atoms with Crippen LogP contribution in [-0.4, -0.2) is 14.9 Å². The molecule has 16 heavy (non-hydrogen) atoms. The van der Waals surface area contributed by atoms with Gasteiger partial charge in [0.2, 0.25) is 0 Å². The van der Waals surface area contributed by atoms with E-state index in [1.165, 1.54) is 0 Å². The molecule has 5 heteroatoms. The van der Waals surface area contributed by atoms with E-state index in [2.05, 4.69) is 10.3 Å². The fourth-order valence-electron chi connectivity index (χ4n) is 1.59. The highest BCUT2D eigenvalue weighted by Crippen LogP contribution is 2.15. The quantitative estimate of drug-likeness (QED) is 0.852. The Hall–Kier alpha value is -1.62. The first kappa shape index (κ1) is 10.9. The molecule has 86 valence electrons. The Morgan fingerprint density at radius 1 is 1.50 bits per heavy atom. The molecule has 0 aliphatic carbocycles. The molecule has 0 amide bonds. The summed E-state index contributed by atoms with van der Waals surface area (Å²) in [5.74, 6) is 0.843. The second kappa shape index (κ2) is 4.09. The van der Waals surface area contributed by atoms with Gasteiger partial charge in [0.1, 0.15) is 5.76 Å². The lowest BCUT2D eigenvalue weighted by Gasteiger charge is -2.01. The highest BCUT2D eigenvalue weighted by molar-refractivity contribution is 5.21. The van der Waals surface area contributed by atoms with Crippen LogP contribution < -0.4 is 5.73 Å². The van der Waals surface area contributed by atoms with Crippen LogP contribution in [0.25, 0.3) is 0 Å². The lowest BCUT2D eigenvalue weighted by atomic mass is 10.2. The Kier molecular flexibility index (Phi) is 2.78. The van der Waals surface area contributed by atoms with E-state index in [9.17, 15) is 0 Å². The Balaban J connectivity index is 2.21. The van der Waals surface area contributed by atoms with Crippen LogP contribution in [0.4, 0.5) is 0 Å². The van der Waals surface area contributed by atoms with Crippen molar-refractivity contribution in [1.82, 2.24) is 14.9 Å². The smallest absolute Gasteiger partial charge is 0.138 e. The fraction of sp³-hybridized carbons (Fsp3) is 0.455. The van der Waals surface area contributed by atoms with Crippen LogP contribution in [-0.2, 0) is 6.54 Å². The number of aryl methyl sites for hydroxylation is 2. The minimum atomic E-state index is 0.0124. The van der Waals surface area contributed by atoms with Crippen molar-refractivity contribution in [1.29, 1.82) is 0 Å². The number of rotatable bonds is 3. The summed E-state index contributed by atoms with van der Waals surface area (Å²) in [4.78, 5) is 0. The van der Waals surface area contributed by atoms with Crippen LogP contribution in [0, 0.1) is 13.8 Å². The molecule has 0 saturated carbocycles. The van der Waals surface area contributed by atoms with E-state index < -0.39 is 0 Å². The normalized spacial score (nSPS) is 13.0. The average Bonchev–Trinajstić information content (AvgIpc) is 2.80. The number of hydrogen-bond acceptors (Lipinski definition) is 4. The monoisotopic (exact) mass is 220 g/mol. The van der Waals surface area contributed by atoms with Gasteiger partial charge in [-0.2, -0.15) is 5.10 Å². The summed E-state index contributed by atoms with van der Waals surface area (Å²) in [6.45, 7) is 6.46. The van der Waals surface area contributed by atoms with Gasteiger partial charge in [-0.15, -0.1) is 0 Å². The first-order valence-electron chi connectivity index (χ1n) is 5.27. The van der Waals surface area contributed by atoms with E-state index in [0.29, 0.717) is 6.54 Å². The van der Waals surface area contributed by atoms with E-state index in [1.807, 2.05) is 31.6 Å². The molecule has 0 fully saturated rings. The number of aromatic nitrogens is 3. The third-order valence-corrected chi connectivity index (χ3v) is 2.68. The molecule has 2 aromatic heterocycles. The highest BCUT2D eigenvalue weighted by atomic mass is 16.5. The van der Waals surface area contributed by atoms with Gasteiger partial charge in [-0.1, -0.05) is 5.16 Å². The Labute approximate surface area is 94.2 Å². The maximum atomic E-state index is 5.78. The van der Waals surface area contributed by atoms with Crippen LogP contribution in [0.5, 0.6) is 0 Å². The number of nitrogens with two attached hydrogens (primary N) is 1. The summed E-state index contributed by atoms with van der Waals surface area (Å²) in [6, 6.07) is 0.0124. The molecule has 2 rings (SSSR count). The van der Waals surface area contributed by atoms with Crippen molar-refractivity contribution < 1.29 is 4.52 Å². The zero-order valence-electron chi connectivity index (χ0n) is 9.77. The molecule has 0 bridgehead atoms. The van der Waals surface area contributed by atoms with E-state index in [1.54, 1.807) is 6.20 Å². The molecule has 2 heterocycles. The lowest BCUT2D eigenvalue weighted by Crippen LogP contribution is -2.04. The van der Waals surface area contributed by atoms with E-state index in [4.69, 9.17) is 10.3 Å². The largest absolute Gasteiger partial charge is 0.361 e. The van der Waals surface area contributed by atoms with Gasteiger partial charge in [-0.3, -0.25) is 4.68 Å². The molecule has 0 unspecified atom stereocenters. The Morgan fingerprint density at radius 2 is 2.25 bits per heavy atom. The van der Waals surface area contributed by atoms with Crippen LogP contribution in [0.2, 0.25) is 0 Å². The predicted molar refractivity (Wildman–Crippen MR) is 59.9 cm³/mol. The van der Waals surface area contributed by atoms with E-state index in [0.717, 1.165) is 22.6 Å². The summed E-state index contributed by atoms with van der Waals surface area (Å²) in [5, 5.41) is 8.18. The van der Waals surface area contributed by atoms with Crippen LogP contribution in [0.3, 0.4) is 0 Å². The average molecular weight is 220 g/mol. The molecule has 2 N–H and O–H groups in total. The molecule has 0 spiro atoms. The van der Waals surface area contributed by atoms with Gasteiger partial charge >= 0.3 is 0 Å². The summed E-state index contributed by atoms with van der Waals surface area (Å²) in [7, 11) is 0. The van der Waals surface area contributed by atoms with Crippen molar-refractivity contribution in [3.05, 3.63) is 35.0 Å². The van der Waals surface area contributed by atoms with Crippen LogP contribution in [0.15, 0.2) is 16.9 Å². The second-order valence-electron chi connectivity index (χ2n) is 4.06. The van der Waals surface area contributed by atoms with Gasteiger partial charge < -0.3 is 10.3 Å². The van der Waals surface area contributed by atoms with Gasteiger partial charge in [0.25, 0.3) is 0 Å². The number of nitrogens with zero attached hydrogens (tertiary/aromatic N) is 3. The van der Waals surface area contributed by atoms with Crippen molar-refractivity contribution in [3.8, 4) is 0 Å². The standard InChI is InChI=1S/C11H16N4O/c1-7(12)10-4-13-15(5-10)6-11-8(2)14-16-9(11)3/h4-5,7H,6,12H2,1-3H3/t7-/m1/s1. The van der Waals surface area contributed by atoms with Gasteiger partial charge in [0, 0.05) is 23.4 Å². The maximum absolute atomic E-state index is 5.78. The molecule has 5 nitrogen and oxygen atoms in total. The van der Waals surface area contributed by atoms with E-state index >= 15 is 0 Å². The van der Waals surface area contributed by atoms with Gasteiger partial charge in [0.05, 0.1) is 18.4 Å². The van der Waals surface area contributed by atoms with Crippen molar-refractivity contribution in [2.75, 3.05) is 0 Å². The zero-order chi connectivity index (χ0) is 11.7. The third-order valence-electron chi connectivity index (χ3n) is 2.68. The zero-order valence-corrected chi connectivity index (χ0v) is 9.77. The highest BCUT2D eigenvalue weighted by Gasteiger charge is 2.10. The summed E-state index contributed by atoms with van der Waals surface area (Å²) in [5.41, 5.74) is 8.81. The minimum Gasteiger partial charge on any atom is -0.361 e. The Bertz CT molecular complexity index is 464. The predicted octanol–water partition coefficient (Wildman–Crippen LogP) is 1.56. The van der Waals surface area contributed by atoms with Crippen molar-refractivity contribution in [3.63, 3.8) is 0 Å². The lowest BCUT2D eigenvalue weighted by molar-refractivity contribution is 0.391. The van der Waals surface area contributed by atoms with Crippen LogP contribution in [0.1, 0.15) is 35.5 Å². The molecular weight excluding hydrogens is 204 g/mol. The first-order chi connectivity index (χ1) is 7.58. The molecule has 0 aromatic carbocycles. The molecular formula is C11H16N4O. The summed E-state index contributed by atoms with van der Waals surface area (Å²) in [6.07, 6.45) is 3.75. The maximum Gasteiger partial charge on any atom is 0.138 e. The molecule has 1 atom stereocenters. The van der Waals surface area contributed by atoms with Gasteiger partial charge in [0.15, 0.2) is 0 Å². The molecule has 0 aliphatic heterocycles. The SMILES string of the molecule is Cc1noc(C)c1Cn1cc([C@@H](C)N)cn1. The summed E-state index contributed by atoms with van der Waals surface area (Å²) < 4.78 is 6.96. The topological polar surface area (TPSA) is 69.9 Å². The first-order valence-corrected chi connectivity index (χ1v) is 5.27. The second-order valence-corrected chi connectivity index (χ2v) is 4.06. The van der Waals surface area contributed by atoms with Crippen molar-refractivity contribution in [2.24, 2.45) is 5.73 Å². The number of hydrogen-bond donors (Lipinski definition) is 1. The van der Waals surface area contributed by atoms with E-state index in [-0.39, 0.29) is 6.04 Å². The van der Waals surface area contributed by atoms with Gasteiger partial charge in [-0.05, 0) is 20.8 Å². The fourth-order valence-corrected chi connectivity index (χ4v) is 1.59. The van der Waals surface area contributed by atoms with Crippen molar-refractivity contribution in [2.45, 2.75) is 33.4 Å². The third kappa shape index (κ3) is 1.99. The Morgan fingerprint density at radius 3 is 2.75 bits per heavy atom. The molecule has 2 aromatic rings. The van der Waals surface area contributed by atoms with Gasteiger partial charge in [-0.25, -0.2) is 0 Å². The van der Waals surface area contributed by atoms with Crippen LogP contribution >= 0.6 is 0 Å². The molecule has 0 aliphatic rings. The van der Waals surface area contributed by atoms with Crippen molar-refractivity contribution >= 4 is 0 Å². The summed E-state index contributed by atoms with van der Waals surface area (Å²) >= 11 is 0.